The van der Waals surface area contributed by atoms with Crippen molar-refractivity contribution in [2.75, 3.05) is 0 Å². The molecule has 0 bridgehead atoms. The van der Waals surface area contributed by atoms with Gasteiger partial charge in [0.2, 0.25) is 0 Å². The van der Waals surface area contributed by atoms with E-state index in [9.17, 15) is 0 Å². The SMILES string of the molecule is C/C=C1\CCc2ccc3nn(C)c(C)c3c21. The molecule has 2 nitrogen and oxygen atoms in total. The third kappa shape index (κ3) is 1.10. The highest BCUT2D eigenvalue weighted by Gasteiger charge is 2.21. The third-order valence-corrected chi connectivity index (χ3v) is 3.71. The van der Waals surface area contributed by atoms with Gasteiger partial charge in [0.25, 0.3) is 0 Å². The van der Waals surface area contributed by atoms with Crippen LogP contribution in [0.25, 0.3) is 16.5 Å². The number of hydrogen-bond acceptors (Lipinski definition) is 1. The Balaban J connectivity index is 2.47. The molecular weight excluding hydrogens is 196 g/mol. The molecule has 2 heteroatoms. The molecule has 0 unspecified atom stereocenters. The Labute approximate surface area is 95.6 Å². The summed E-state index contributed by atoms with van der Waals surface area (Å²) in [7, 11) is 2.02. The molecule has 82 valence electrons. The van der Waals surface area contributed by atoms with Crippen LogP contribution < -0.4 is 0 Å². The van der Waals surface area contributed by atoms with Crippen LogP contribution in [0.2, 0.25) is 0 Å². The van der Waals surface area contributed by atoms with Gasteiger partial charge in [-0.2, -0.15) is 5.10 Å². The van der Waals surface area contributed by atoms with E-state index in [0.29, 0.717) is 0 Å². The van der Waals surface area contributed by atoms with Crippen LogP contribution in [0.1, 0.15) is 30.2 Å². The molecule has 3 rings (SSSR count). The highest BCUT2D eigenvalue weighted by atomic mass is 15.3. The molecule has 0 N–H and O–H groups in total. The zero-order valence-electron chi connectivity index (χ0n) is 10.0. The van der Waals surface area contributed by atoms with E-state index < -0.39 is 0 Å². The van der Waals surface area contributed by atoms with Gasteiger partial charge in [-0.3, -0.25) is 4.68 Å². The number of aryl methyl sites for hydroxylation is 3. The standard InChI is InChI=1S/C14H16N2/c1-4-10-5-6-11-7-8-12-13(14(10)11)9(2)16(3)15-12/h4,7-8H,5-6H2,1-3H3/b10-4+. The molecule has 1 heterocycles. The molecule has 0 saturated heterocycles. The van der Waals surface area contributed by atoms with Gasteiger partial charge in [-0.15, -0.1) is 0 Å². The Bertz CT molecular complexity index is 603. The van der Waals surface area contributed by atoms with E-state index >= 15 is 0 Å². The number of fused-ring (bicyclic) bond motifs is 3. The Morgan fingerprint density at radius 1 is 1.31 bits per heavy atom. The number of benzene rings is 1. The lowest BCUT2D eigenvalue weighted by molar-refractivity contribution is 0.751. The first-order valence-electron chi connectivity index (χ1n) is 5.83. The Morgan fingerprint density at radius 3 is 2.88 bits per heavy atom. The van der Waals surface area contributed by atoms with Gasteiger partial charge in [-0.1, -0.05) is 12.1 Å². The van der Waals surface area contributed by atoms with Crippen molar-refractivity contribution in [1.29, 1.82) is 0 Å². The largest absolute Gasteiger partial charge is 0.272 e. The van der Waals surface area contributed by atoms with Gasteiger partial charge in [-0.05, 0) is 49.5 Å². The fourth-order valence-corrected chi connectivity index (χ4v) is 2.74. The van der Waals surface area contributed by atoms with Crippen LogP contribution in [0.15, 0.2) is 18.2 Å². The van der Waals surface area contributed by atoms with E-state index in [1.165, 1.54) is 40.6 Å². The average molecular weight is 212 g/mol. The number of hydrogen-bond donors (Lipinski definition) is 0. The zero-order chi connectivity index (χ0) is 11.3. The summed E-state index contributed by atoms with van der Waals surface area (Å²) in [6.07, 6.45) is 4.61. The maximum Gasteiger partial charge on any atom is 0.0932 e. The van der Waals surface area contributed by atoms with Crippen LogP contribution in [-0.4, -0.2) is 9.78 Å². The molecule has 1 aliphatic rings. The molecular formula is C14H16N2. The summed E-state index contributed by atoms with van der Waals surface area (Å²) in [5, 5.41) is 5.90. The van der Waals surface area contributed by atoms with Crippen molar-refractivity contribution in [2.24, 2.45) is 7.05 Å². The summed E-state index contributed by atoms with van der Waals surface area (Å²) >= 11 is 0. The minimum absolute atomic E-state index is 1.12. The topological polar surface area (TPSA) is 17.8 Å². The number of rotatable bonds is 0. The molecule has 1 aliphatic carbocycles. The van der Waals surface area contributed by atoms with E-state index in [4.69, 9.17) is 0 Å². The summed E-state index contributed by atoms with van der Waals surface area (Å²) in [5.41, 5.74) is 6.81. The van der Waals surface area contributed by atoms with E-state index in [1.807, 2.05) is 11.7 Å². The van der Waals surface area contributed by atoms with Crippen LogP contribution >= 0.6 is 0 Å². The first kappa shape index (κ1) is 9.64. The van der Waals surface area contributed by atoms with Crippen LogP contribution in [0.4, 0.5) is 0 Å². The second-order valence-electron chi connectivity index (χ2n) is 4.52. The second-order valence-corrected chi connectivity index (χ2v) is 4.52. The minimum atomic E-state index is 1.12. The van der Waals surface area contributed by atoms with Gasteiger partial charge in [0.1, 0.15) is 0 Å². The number of nitrogens with zero attached hydrogens (tertiary/aromatic N) is 2. The average Bonchev–Trinajstić information content (AvgIpc) is 2.81. The third-order valence-electron chi connectivity index (χ3n) is 3.71. The fraction of sp³-hybridized carbons (Fsp3) is 0.357. The van der Waals surface area contributed by atoms with E-state index in [0.717, 1.165) is 5.52 Å². The van der Waals surface area contributed by atoms with E-state index in [1.54, 1.807) is 0 Å². The quantitative estimate of drug-likeness (QED) is 0.655. The van der Waals surface area contributed by atoms with Crippen LogP contribution in [-0.2, 0) is 13.5 Å². The molecule has 0 amide bonds. The molecule has 0 atom stereocenters. The first-order chi connectivity index (χ1) is 7.72. The molecule has 0 aliphatic heterocycles. The van der Waals surface area contributed by atoms with Gasteiger partial charge < -0.3 is 0 Å². The summed E-state index contributed by atoms with van der Waals surface area (Å²) in [6.45, 7) is 4.29. The summed E-state index contributed by atoms with van der Waals surface area (Å²) in [5.74, 6) is 0. The van der Waals surface area contributed by atoms with Crippen molar-refractivity contribution >= 4 is 16.5 Å². The minimum Gasteiger partial charge on any atom is -0.272 e. The number of allylic oxidation sites excluding steroid dienone is 2. The smallest absolute Gasteiger partial charge is 0.0932 e. The lowest BCUT2D eigenvalue weighted by atomic mass is 10.0. The molecule has 0 radical (unpaired) electrons. The van der Waals surface area contributed by atoms with Crippen molar-refractivity contribution in [3.8, 4) is 0 Å². The lowest BCUT2D eigenvalue weighted by Gasteiger charge is -2.03. The van der Waals surface area contributed by atoms with Gasteiger partial charge in [0.05, 0.1) is 5.52 Å². The molecule has 16 heavy (non-hydrogen) atoms. The van der Waals surface area contributed by atoms with Gasteiger partial charge in [-0.25, -0.2) is 0 Å². The van der Waals surface area contributed by atoms with Crippen LogP contribution in [0, 0.1) is 6.92 Å². The summed E-state index contributed by atoms with van der Waals surface area (Å²) in [6, 6.07) is 4.39. The predicted octanol–water partition coefficient (Wildman–Crippen LogP) is 3.23. The molecule has 0 fully saturated rings. The number of aromatic nitrogens is 2. The second kappa shape index (κ2) is 3.21. The Morgan fingerprint density at radius 2 is 2.12 bits per heavy atom. The lowest BCUT2D eigenvalue weighted by Crippen LogP contribution is -1.92. The van der Waals surface area contributed by atoms with Crippen LogP contribution in [0.5, 0.6) is 0 Å². The molecule has 1 aromatic heterocycles. The maximum atomic E-state index is 4.55. The molecule has 2 aromatic rings. The monoisotopic (exact) mass is 212 g/mol. The maximum absolute atomic E-state index is 4.55. The van der Waals surface area contributed by atoms with Crippen molar-refractivity contribution in [3.63, 3.8) is 0 Å². The van der Waals surface area contributed by atoms with E-state index in [-0.39, 0.29) is 0 Å². The van der Waals surface area contributed by atoms with Gasteiger partial charge in [0.15, 0.2) is 0 Å². The first-order valence-corrected chi connectivity index (χ1v) is 5.83. The summed E-state index contributed by atoms with van der Waals surface area (Å²) in [4.78, 5) is 0. The van der Waals surface area contributed by atoms with E-state index in [2.05, 4.69) is 37.2 Å². The van der Waals surface area contributed by atoms with Crippen molar-refractivity contribution in [2.45, 2.75) is 26.7 Å². The predicted molar refractivity (Wildman–Crippen MR) is 67.4 cm³/mol. The van der Waals surface area contributed by atoms with Crippen molar-refractivity contribution in [1.82, 2.24) is 9.78 Å². The molecule has 0 saturated carbocycles. The fourth-order valence-electron chi connectivity index (χ4n) is 2.74. The molecule has 0 spiro atoms. The highest BCUT2D eigenvalue weighted by Crippen LogP contribution is 2.38. The Kier molecular flexibility index (Phi) is 1.93. The van der Waals surface area contributed by atoms with Crippen molar-refractivity contribution in [3.05, 3.63) is 35.0 Å². The zero-order valence-corrected chi connectivity index (χ0v) is 10.0. The molecule has 1 aromatic carbocycles. The van der Waals surface area contributed by atoms with Gasteiger partial charge in [0, 0.05) is 18.1 Å². The van der Waals surface area contributed by atoms with Crippen molar-refractivity contribution < 1.29 is 0 Å². The summed E-state index contributed by atoms with van der Waals surface area (Å²) < 4.78 is 1.98. The Hall–Kier alpha value is -1.57. The van der Waals surface area contributed by atoms with Gasteiger partial charge >= 0.3 is 0 Å². The highest BCUT2D eigenvalue weighted by molar-refractivity contribution is 5.96. The normalized spacial score (nSPS) is 17.3. The van der Waals surface area contributed by atoms with Crippen LogP contribution in [0.3, 0.4) is 0 Å².